The van der Waals surface area contributed by atoms with Crippen LogP contribution in [-0.4, -0.2) is 47.1 Å². The number of piperidine rings is 1. The van der Waals surface area contributed by atoms with E-state index in [0.717, 1.165) is 49.1 Å². The van der Waals surface area contributed by atoms with E-state index in [-0.39, 0.29) is 18.7 Å². The van der Waals surface area contributed by atoms with Gasteiger partial charge < -0.3 is 14.5 Å². The van der Waals surface area contributed by atoms with E-state index in [1.165, 1.54) is 54.6 Å². The second-order valence-corrected chi connectivity index (χ2v) is 10.4. The summed E-state index contributed by atoms with van der Waals surface area (Å²) in [6.07, 6.45) is 8.24. The van der Waals surface area contributed by atoms with Gasteiger partial charge in [0.1, 0.15) is 12.4 Å². The average molecular weight is 491 g/mol. The van der Waals surface area contributed by atoms with Crippen LogP contribution in [0.2, 0.25) is 0 Å². The first kappa shape index (κ1) is 23.8. The third-order valence-electron chi connectivity index (χ3n) is 7.47. The standard InChI is InChI=1S/C28H34N4O2S/c1-31(28(33)34-18-24-19-35-20-29-24)25-14-16-32(17-15-25)27-9-5-8-26(30-27)23-12-10-22(11-13-23)21-6-3-2-4-7-21/h5,8-13,19-21,25H,2-4,6-7,14-18H2,1H3. The number of aromatic nitrogens is 2. The minimum absolute atomic E-state index is 0.171. The molecule has 1 saturated carbocycles. The van der Waals surface area contributed by atoms with E-state index in [1.54, 1.807) is 10.4 Å². The molecule has 1 saturated heterocycles. The summed E-state index contributed by atoms with van der Waals surface area (Å²) in [7, 11) is 1.83. The van der Waals surface area contributed by atoms with Crippen molar-refractivity contribution in [1.82, 2.24) is 14.9 Å². The third-order valence-corrected chi connectivity index (χ3v) is 8.10. The molecule has 3 aromatic rings. The topological polar surface area (TPSA) is 58.6 Å². The highest BCUT2D eigenvalue weighted by Gasteiger charge is 2.27. The molecule has 2 aromatic heterocycles. The van der Waals surface area contributed by atoms with Gasteiger partial charge in [0, 0.05) is 37.1 Å². The lowest BCUT2D eigenvalue weighted by molar-refractivity contribution is 0.0854. The predicted octanol–water partition coefficient (Wildman–Crippen LogP) is 6.49. The molecule has 2 fully saturated rings. The largest absolute Gasteiger partial charge is 0.443 e. The molecule has 1 aliphatic carbocycles. The van der Waals surface area contributed by atoms with E-state index < -0.39 is 0 Å². The van der Waals surface area contributed by atoms with Crippen molar-refractivity contribution in [3.05, 3.63) is 64.6 Å². The molecule has 0 radical (unpaired) electrons. The van der Waals surface area contributed by atoms with Gasteiger partial charge >= 0.3 is 6.09 Å². The van der Waals surface area contributed by atoms with E-state index in [1.807, 2.05) is 12.4 Å². The Hall–Kier alpha value is -2.93. The summed E-state index contributed by atoms with van der Waals surface area (Å²) in [6, 6.07) is 15.5. The summed E-state index contributed by atoms with van der Waals surface area (Å²) in [5, 5.41) is 1.90. The van der Waals surface area contributed by atoms with Crippen LogP contribution in [0.4, 0.5) is 10.6 Å². The molecule has 7 heteroatoms. The maximum Gasteiger partial charge on any atom is 0.410 e. The molecule has 2 aliphatic rings. The zero-order valence-corrected chi connectivity index (χ0v) is 21.3. The van der Waals surface area contributed by atoms with Gasteiger partial charge in [-0.05, 0) is 49.3 Å². The third kappa shape index (κ3) is 5.84. The Balaban J connectivity index is 1.16. The highest BCUT2D eigenvalue weighted by Crippen LogP contribution is 2.33. The van der Waals surface area contributed by atoms with Crippen LogP contribution in [0.15, 0.2) is 53.4 Å². The first-order valence-corrected chi connectivity index (χ1v) is 13.7. The van der Waals surface area contributed by atoms with Gasteiger partial charge in [-0.15, -0.1) is 11.3 Å². The first-order chi connectivity index (χ1) is 17.2. The SMILES string of the molecule is CN(C(=O)OCc1cscn1)C1CCN(c2cccc(-c3ccc(C4CCCCC4)cc3)n2)CC1. The lowest BCUT2D eigenvalue weighted by Crippen LogP contribution is -2.46. The van der Waals surface area contributed by atoms with E-state index in [9.17, 15) is 4.79 Å². The van der Waals surface area contributed by atoms with Gasteiger partial charge in [0.05, 0.1) is 16.9 Å². The van der Waals surface area contributed by atoms with E-state index in [2.05, 4.69) is 52.3 Å². The number of anilines is 1. The fourth-order valence-electron chi connectivity index (χ4n) is 5.30. The minimum Gasteiger partial charge on any atom is -0.443 e. The zero-order chi connectivity index (χ0) is 24.0. The number of carbonyl (C=O) groups is 1. The number of hydrogen-bond acceptors (Lipinski definition) is 6. The van der Waals surface area contributed by atoms with Crippen LogP contribution >= 0.6 is 11.3 Å². The molecule has 35 heavy (non-hydrogen) atoms. The smallest absolute Gasteiger partial charge is 0.410 e. The van der Waals surface area contributed by atoms with Crippen molar-refractivity contribution in [2.24, 2.45) is 0 Å². The highest BCUT2D eigenvalue weighted by atomic mass is 32.1. The summed E-state index contributed by atoms with van der Waals surface area (Å²) in [5.74, 6) is 1.73. The fraction of sp³-hybridized carbons (Fsp3) is 0.464. The van der Waals surface area contributed by atoms with Gasteiger partial charge in [0.25, 0.3) is 0 Å². The predicted molar refractivity (Wildman–Crippen MR) is 141 cm³/mol. The second kappa shape index (κ2) is 11.2. The molecule has 1 aliphatic heterocycles. The molecular weight excluding hydrogens is 456 g/mol. The molecule has 0 bridgehead atoms. The quantitative estimate of drug-likeness (QED) is 0.395. The Morgan fingerprint density at radius 2 is 1.83 bits per heavy atom. The Morgan fingerprint density at radius 3 is 2.54 bits per heavy atom. The van der Waals surface area contributed by atoms with Crippen molar-refractivity contribution in [1.29, 1.82) is 0 Å². The number of amides is 1. The van der Waals surface area contributed by atoms with Crippen molar-refractivity contribution in [2.45, 2.75) is 63.5 Å². The molecule has 0 spiro atoms. The monoisotopic (exact) mass is 490 g/mol. The number of hydrogen-bond donors (Lipinski definition) is 0. The summed E-state index contributed by atoms with van der Waals surface area (Å²) >= 11 is 1.50. The number of carbonyl (C=O) groups excluding carboxylic acids is 1. The van der Waals surface area contributed by atoms with Crippen molar-refractivity contribution in [2.75, 3.05) is 25.0 Å². The number of nitrogens with zero attached hydrogens (tertiary/aromatic N) is 4. The molecular formula is C28H34N4O2S. The maximum atomic E-state index is 12.5. The molecule has 184 valence electrons. The zero-order valence-electron chi connectivity index (χ0n) is 20.4. The van der Waals surface area contributed by atoms with E-state index >= 15 is 0 Å². The number of benzene rings is 1. The Kier molecular flexibility index (Phi) is 7.62. The van der Waals surface area contributed by atoms with Crippen LogP contribution in [0.3, 0.4) is 0 Å². The van der Waals surface area contributed by atoms with Crippen LogP contribution in [-0.2, 0) is 11.3 Å². The number of thiazole rings is 1. The molecule has 0 unspecified atom stereocenters. The second-order valence-electron chi connectivity index (χ2n) is 9.70. The normalized spacial score (nSPS) is 17.3. The van der Waals surface area contributed by atoms with Crippen LogP contribution in [0, 0.1) is 0 Å². The fourth-order valence-corrected chi connectivity index (χ4v) is 5.84. The summed E-state index contributed by atoms with van der Waals surface area (Å²) < 4.78 is 5.43. The van der Waals surface area contributed by atoms with Gasteiger partial charge in [0.2, 0.25) is 0 Å². The molecule has 3 heterocycles. The number of pyridine rings is 1. The Bertz CT molecular complexity index is 1090. The highest BCUT2D eigenvalue weighted by molar-refractivity contribution is 7.07. The Labute approximate surface area is 212 Å². The van der Waals surface area contributed by atoms with Gasteiger partial charge in [-0.2, -0.15) is 0 Å². The maximum absolute atomic E-state index is 12.5. The average Bonchev–Trinajstić information content (AvgIpc) is 3.46. The van der Waals surface area contributed by atoms with Gasteiger partial charge in [-0.25, -0.2) is 14.8 Å². The molecule has 1 aromatic carbocycles. The van der Waals surface area contributed by atoms with Crippen molar-refractivity contribution >= 4 is 23.2 Å². The lowest BCUT2D eigenvalue weighted by atomic mass is 9.84. The summed E-state index contributed by atoms with van der Waals surface area (Å²) in [6.45, 7) is 1.96. The van der Waals surface area contributed by atoms with Crippen molar-refractivity contribution in [3.63, 3.8) is 0 Å². The number of ether oxygens (including phenoxy) is 1. The number of rotatable bonds is 6. The van der Waals surface area contributed by atoms with Crippen molar-refractivity contribution < 1.29 is 9.53 Å². The van der Waals surface area contributed by atoms with Gasteiger partial charge in [0.15, 0.2) is 0 Å². The molecule has 1 amide bonds. The Morgan fingerprint density at radius 1 is 1.06 bits per heavy atom. The van der Waals surface area contributed by atoms with E-state index in [0.29, 0.717) is 0 Å². The van der Waals surface area contributed by atoms with E-state index in [4.69, 9.17) is 9.72 Å². The van der Waals surface area contributed by atoms with Crippen molar-refractivity contribution in [3.8, 4) is 11.3 Å². The molecule has 0 atom stereocenters. The molecule has 6 nitrogen and oxygen atoms in total. The van der Waals surface area contributed by atoms with Crippen LogP contribution in [0.1, 0.15) is 62.1 Å². The summed E-state index contributed by atoms with van der Waals surface area (Å²) in [5.41, 5.74) is 6.20. The first-order valence-electron chi connectivity index (χ1n) is 12.8. The lowest BCUT2D eigenvalue weighted by Gasteiger charge is -2.36. The minimum atomic E-state index is -0.284. The van der Waals surface area contributed by atoms with Crippen LogP contribution in [0.25, 0.3) is 11.3 Å². The molecule has 0 N–H and O–H groups in total. The van der Waals surface area contributed by atoms with Crippen LogP contribution < -0.4 is 4.90 Å². The van der Waals surface area contributed by atoms with Gasteiger partial charge in [-0.3, -0.25) is 0 Å². The molecule has 5 rings (SSSR count). The van der Waals surface area contributed by atoms with Gasteiger partial charge in [-0.1, -0.05) is 49.6 Å². The van der Waals surface area contributed by atoms with Crippen LogP contribution in [0.5, 0.6) is 0 Å². The summed E-state index contributed by atoms with van der Waals surface area (Å²) in [4.78, 5) is 25.7.